The Morgan fingerprint density at radius 2 is 2.12 bits per heavy atom. The molecule has 2 aliphatic rings. The van der Waals surface area contributed by atoms with Gasteiger partial charge in [0.05, 0.1) is 0 Å². The Hall–Kier alpha value is -0.120. The number of nitrogens with zero attached hydrogens (tertiary/aromatic N) is 2. The van der Waals surface area contributed by atoms with Gasteiger partial charge in [-0.05, 0) is 40.3 Å². The molecule has 3 heteroatoms. The maximum Gasteiger partial charge on any atom is 0.0223 e. The molecule has 16 heavy (non-hydrogen) atoms. The molecule has 1 N–H and O–H groups in total. The first kappa shape index (κ1) is 12.3. The molecule has 2 rings (SSSR count). The van der Waals surface area contributed by atoms with Crippen LogP contribution in [-0.2, 0) is 0 Å². The summed E-state index contributed by atoms with van der Waals surface area (Å²) in [7, 11) is 2.06. The molecule has 0 radical (unpaired) electrons. The molecule has 2 heterocycles. The third-order valence-corrected chi connectivity index (χ3v) is 4.32. The molecule has 2 aliphatic heterocycles. The lowest BCUT2D eigenvalue weighted by atomic mass is 9.97. The molecule has 3 unspecified atom stereocenters. The van der Waals surface area contributed by atoms with Gasteiger partial charge < -0.3 is 5.32 Å². The number of fused-ring (bicyclic) bond motifs is 1. The van der Waals surface area contributed by atoms with Crippen molar-refractivity contribution in [1.82, 2.24) is 15.1 Å². The first-order valence-corrected chi connectivity index (χ1v) is 6.86. The highest BCUT2D eigenvalue weighted by molar-refractivity contribution is 4.89. The van der Waals surface area contributed by atoms with Crippen LogP contribution in [0.4, 0.5) is 0 Å². The first-order chi connectivity index (χ1) is 7.70. The molecule has 0 aromatic heterocycles. The van der Waals surface area contributed by atoms with E-state index in [-0.39, 0.29) is 0 Å². The number of nitrogens with one attached hydrogen (secondary N) is 1. The minimum absolute atomic E-state index is 0.609. The van der Waals surface area contributed by atoms with E-state index >= 15 is 0 Å². The summed E-state index contributed by atoms with van der Waals surface area (Å²) in [6.45, 7) is 9.76. The fraction of sp³-hybridized carbons (Fsp3) is 1.00. The van der Waals surface area contributed by atoms with Crippen LogP contribution in [0.25, 0.3) is 0 Å². The maximum atomic E-state index is 3.35. The van der Waals surface area contributed by atoms with Crippen molar-refractivity contribution in [1.29, 1.82) is 0 Å². The zero-order chi connectivity index (χ0) is 11.5. The molecule has 0 bridgehead atoms. The van der Waals surface area contributed by atoms with Crippen molar-refractivity contribution < 1.29 is 0 Å². The molecule has 0 aromatic carbocycles. The summed E-state index contributed by atoms with van der Waals surface area (Å²) in [5.74, 6) is 0. The van der Waals surface area contributed by atoms with Crippen LogP contribution < -0.4 is 5.32 Å². The van der Waals surface area contributed by atoms with Gasteiger partial charge in [0, 0.05) is 37.8 Å². The molecule has 0 aliphatic carbocycles. The SMILES string of the molecule is CNC(C)CN1CC2CCCCN2CC1C. The van der Waals surface area contributed by atoms with Gasteiger partial charge in [-0.2, -0.15) is 0 Å². The lowest BCUT2D eigenvalue weighted by Gasteiger charge is -2.48. The predicted octanol–water partition coefficient (Wildman–Crippen LogP) is 1.15. The van der Waals surface area contributed by atoms with Crippen LogP contribution in [0.1, 0.15) is 33.1 Å². The molecule has 0 aromatic rings. The van der Waals surface area contributed by atoms with Gasteiger partial charge in [0.1, 0.15) is 0 Å². The summed E-state index contributed by atoms with van der Waals surface area (Å²) in [6, 6.07) is 2.18. The molecule has 0 saturated carbocycles. The fourth-order valence-corrected chi connectivity index (χ4v) is 3.11. The molecule has 3 atom stereocenters. The van der Waals surface area contributed by atoms with Crippen LogP contribution in [0.15, 0.2) is 0 Å². The Labute approximate surface area is 100 Å². The number of piperidine rings is 1. The highest BCUT2D eigenvalue weighted by Crippen LogP contribution is 2.23. The number of likely N-dealkylation sites (N-methyl/N-ethyl adjacent to an activating group) is 1. The van der Waals surface area contributed by atoms with Crippen molar-refractivity contribution in [3.8, 4) is 0 Å². The third kappa shape index (κ3) is 2.76. The van der Waals surface area contributed by atoms with Crippen LogP contribution in [-0.4, -0.2) is 61.2 Å². The van der Waals surface area contributed by atoms with Crippen molar-refractivity contribution in [3.63, 3.8) is 0 Å². The molecule has 2 fully saturated rings. The lowest BCUT2D eigenvalue weighted by Crippen LogP contribution is -2.60. The van der Waals surface area contributed by atoms with Crippen LogP contribution in [0.3, 0.4) is 0 Å². The predicted molar refractivity (Wildman–Crippen MR) is 68.8 cm³/mol. The average molecular weight is 225 g/mol. The van der Waals surface area contributed by atoms with Gasteiger partial charge in [-0.15, -0.1) is 0 Å². The second kappa shape index (κ2) is 5.48. The van der Waals surface area contributed by atoms with Crippen LogP contribution in [0, 0.1) is 0 Å². The summed E-state index contributed by atoms with van der Waals surface area (Å²) >= 11 is 0. The van der Waals surface area contributed by atoms with E-state index < -0.39 is 0 Å². The van der Waals surface area contributed by atoms with Crippen molar-refractivity contribution in [2.75, 3.05) is 33.2 Å². The van der Waals surface area contributed by atoms with Crippen molar-refractivity contribution >= 4 is 0 Å². The minimum atomic E-state index is 0.609. The van der Waals surface area contributed by atoms with E-state index in [4.69, 9.17) is 0 Å². The van der Waals surface area contributed by atoms with Gasteiger partial charge in [-0.3, -0.25) is 9.80 Å². The number of piperazine rings is 1. The van der Waals surface area contributed by atoms with E-state index in [1.54, 1.807) is 0 Å². The summed E-state index contributed by atoms with van der Waals surface area (Å²) in [5.41, 5.74) is 0. The highest BCUT2D eigenvalue weighted by Gasteiger charge is 2.32. The Morgan fingerprint density at radius 3 is 2.88 bits per heavy atom. The van der Waals surface area contributed by atoms with E-state index in [0.717, 1.165) is 12.1 Å². The zero-order valence-corrected chi connectivity index (χ0v) is 11.1. The van der Waals surface area contributed by atoms with Gasteiger partial charge in [-0.25, -0.2) is 0 Å². The Balaban J connectivity index is 1.90. The summed E-state index contributed by atoms with van der Waals surface area (Å²) in [5, 5.41) is 3.35. The second-order valence-corrected chi connectivity index (χ2v) is 5.64. The summed E-state index contributed by atoms with van der Waals surface area (Å²) < 4.78 is 0. The van der Waals surface area contributed by atoms with E-state index in [1.807, 2.05) is 0 Å². The molecule has 2 saturated heterocycles. The smallest absolute Gasteiger partial charge is 0.0223 e. The fourth-order valence-electron chi connectivity index (χ4n) is 3.11. The topological polar surface area (TPSA) is 18.5 Å². The summed E-state index contributed by atoms with van der Waals surface area (Å²) in [4.78, 5) is 5.39. The Morgan fingerprint density at radius 1 is 1.31 bits per heavy atom. The molecular formula is C13H27N3. The van der Waals surface area contributed by atoms with Crippen molar-refractivity contribution in [2.24, 2.45) is 0 Å². The summed E-state index contributed by atoms with van der Waals surface area (Å²) in [6.07, 6.45) is 4.26. The number of hydrogen-bond donors (Lipinski definition) is 1. The quantitative estimate of drug-likeness (QED) is 0.777. The van der Waals surface area contributed by atoms with Crippen LogP contribution in [0.2, 0.25) is 0 Å². The standard InChI is InChI=1S/C13H27N3/c1-11(14-3)8-16-10-13-6-4-5-7-15(13)9-12(16)2/h11-14H,4-10H2,1-3H3. The van der Waals surface area contributed by atoms with Gasteiger partial charge in [0.15, 0.2) is 0 Å². The lowest BCUT2D eigenvalue weighted by molar-refractivity contribution is 0.0121. The van der Waals surface area contributed by atoms with Gasteiger partial charge >= 0.3 is 0 Å². The van der Waals surface area contributed by atoms with E-state index in [9.17, 15) is 0 Å². The largest absolute Gasteiger partial charge is 0.316 e. The first-order valence-electron chi connectivity index (χ1n) is 6.86. The number of hydrogen-bond acceptors (Lipinski definition) is 3. The normalized spacial score (nSPS) is 34.7. The van der Waals surface area contributed by atoms with E-state index in [2.05, 4.69) is 36.0 Å². The number of rotatable bonds is 3. The van der Waals surface area contributed by atoms with E-state index in [1.165, 1.54) is 45.4 Å². The van der Waals surface area contributed by atoms with Gasteiger partial charge in [-0.1, -0.05) is 6.42 Å². The molecule has 94 valence electrons. The van der Waals surface area contributed by atoms with Crippen LogP contribution in [0.5, 0.6) is 0 Å². The molecule has 3 nitrogen and oxygen atoms in total. The Kier molecular flexibility index (Phi) is 4.22. The highest BCUT2D eigenvalue weighted by atomic mass is 15.3. The molecule has 0 spiro atoms. The maximum absolute atomic E-state index is 3.35. The van der Waals surface area contributed by atoms with Crippen molar-refractivity contribution in [2.45, 2.75) is 51.2 Å². The second-order valence-electron chi connectivity index (χ2n) is 5.64. The van der Waals surface area contributed by atoms with Crippen molar-refractivity contribution in [3.05, 3.63) is 0 Å². The average Bonchev–Trinajstić information content (AvgIpc) is 2.30. The monoisotopic (exact) mass is 225 g/mol. The molecular weight excluding hydrogens is 198 g/mol. The minimum Gasteiger partial charge on any atom is -0.316 e. The zero-order valence-electron chi connectivity index (χ0n) is 11.1. The van der Waals surface area contributed by atoms with E-state index in [0.29, 0.717) is 6.04 Å². The van der Waals surface area contributed by atoms with Gasteiger partial charge in [0.2, 0.25) is 0 Å². The van der Waals surface area contributed by atoms with Crippen LogP contribution >= 0.6 is 0 Å². The van der Waals surface area contributed by atoms with Gasteiger partial charge in [0.25, 0.3) is 0 Å². The Bertz CT molecular complexity index is 219. The third-order valence-electron chi connectivity index (χ3n) is 4.32. The molecule has 0 amide bonds.